The number of fused-ring (bicyclic) bond motifs is 1. The molecule has 6 nitrogen and oxygen atoms in total. The van der Waals surface area contributed by atoms with Crippen LogP contribution in [0.3, 0.4) is 0 Å². The van der Waals surface area contributed by atoms with Crippen LogP contribution in [0.2, 0.25) is 0 Å². The number of anilines is 1. The molecule has 0 aliphatic carbocycles. The average Bonchev–Trinajstić information content (AvgIpc) is 3.44. The van der Waals surface area contributed by atoms with Crippen LogP contribution in [-0.4, -0.2) is 51.3 Å². The number of hydrogen-bond donors (Lipinski definition) is 0. The van der Waals surface area contributed by atoms with Crippen molar-refractivity contribution in [1.29, 1.82) is 0 Å². The van der Waals surface area contributed by atoms with Crippen LogP contribution >= 0.6 is 22.9 Å². The van der Waals surface area contributed by atoms with E-state index >= 15 is 0 Å². The van der Waals surface area contributed by atoms with Gasteiger partial charge in [-0.2, -0.15) is 4.37 Å². The number of halogens is 1. The summed E-state index contributed by atoms with van der Waals surface area (Å²) in [5, 5.41) is 2.00. The molecule has 0 spiro atoms. The van der Waals surface area contributed by atoms with Crippen molar-refractivity contribution in [3.63, 3.8) is 0 Å². The molecule has 1 fully saturated rings. The van der Waals surface area contributed by atoms with Gasteiger partial charge in [-0.3, -0.25) is 4.79 Å². The number of hydrogen-bond acceptors (Lipinski definition) is 7. The highest BCUT2D eigenvalue weighted by atomic mass is 32.1. The van der Waals surface area contributed by atoms with Crippen LogP contribution in [0.5, 0.6) is 0 Å². The maximum absolute atomic E-state index is 13.3. The highest BCUT2D eigenvalue weighted by molar-refractivity contribution is 7.14. The zero-order valence-electron chi connectivity index (χ0n) is 16.0. The molecule has 1 aliphatic rings. The molecule has 4 aromatic rings. The Hall–Kier alpha value is -2.91. The lowest BCUT2D eigenvalue weighted by Crippen LogP contribution is -2.49. The lowest BCUT2D eigenvalue weighted by atomic mass is 10.1. The molecule has 0 atom stereocenters. The van der Waals surface area contributed by atoms with E-state index in [4.69, 9.17) is 0 Å². The number of piperazine rings is 1. The van der Waals surface area contributed by atoms with Crippen LogP contribution in [0.25, 0.3) is 21.5 Å². The topological polar surface area (TPSA) is 62.2 Å². The third kappa shape index (κ3) is 3.66. The molecule has 1 aliphatic heterocycles. The Labute approximate surface area is 180 Å². The molecule has 1 aromatic carbocycles. The van der Waals surface area contributed by atoms with Crippen LogP contribution in [0, 0.1) is 5.82 Å². The molecule has 3 aromatic heterocycles. The molecular formula is C21H18FN5OS2. The van der Waals surface area contributed by atoms with E-state index in [0.29, 0.717) is 32.6 Å². The first-order chi connectivity index (χ1) is 14.7. The molecule has 30 heavy (non-hydrogen) atoms. The van der Waals surface area contributed by atoms with Gasteiger partial charge in [0.1, 0.15) is 28.1 Å². The Kier molecular flexibility index (Phi) is 5.14. The molecule has 9 heteroatoms. The summed E-state index contributed by atoms with van der Waals surface area (Å²) in [5.74, 6) is 0.734. The van der Waals surface area contributed by atoms with Gasteiger partial charge >= 0.3 is 0 Å². The summed E-state index contributed by atoms with van der Waals surface area (Å²) in [7, 11) is 0. The number of nitrogens with zero attached hydrogens (tertiary/aromatic N) is 5. The third-order valence-electron chi connectivity index (χ3n) is 5.19. The predicted octanol–water partition coefficient (Wildman–Crippen LogP) is 3.85. The van der Waals surface area contributed by atoms with Gasteiger partial charge in [0.15, 0.2) is 5.82 Å². The highest BCUT2D eigenvalue weighted by Crippen LogP contribution is 2.34. The van der Waals surface area contributed by atoms with Crippen molar-refractivity contribution in [1.82, 2.24) is 19.2 Å². The van der Waals surface area contributed by atoms with Crippen molar-refractivity contribution >= 4 is 44.8 Å². The minimum Gasteiger partial charge on any atom is -0.352 e. The number of amides is 1. The Morgan fingerprint density at radius 1 is 1.07 bits per heavy atom. The second-order valence-electron chi connectivity index (χ2n) is 7.04. The first-order valence-corrected chi connectivity index (χ1v) is 11.3. The van der Waals surface area contributed by atoms with Gasteiger partial charge in [-0.1, -0.05) is 6.07 Å². The van der Waals surface area contributed by atoms with Gasteiger partial charge in [0.05, 0.1) is 6.42 Å². The summed E-state index contributed by atoms with van der Waals surface area (Å²) in [6.07, 6.45) is 2.01. The Bertz CT molecular complexity index is 1170. The molecule has 0 radical (unpaired) electrons. The van der Waals surface area contributed by atoms with Gasteiger partial charge in [0.25, 0.3) is 0 Å². The van der Waals surface area contributed by atoms with Crippen molar-refractivity contribution in [3.8, 4) is 11.3 Å². The number of carbonyl (C=O) groups excluding carboxylic acids is 1. The number of rotatable bonds is 4. The van der Waals surface area contributed by atoms with Gasteiger partial charge in [0.2, 0.25) is 5.91 Å². The second-order valence-corrected chi connectivity index (χ2v) is 8.84. The first-order valence-electron chi connectivity index (χ1n) is 9.60. The van der Waals surface area contributed by atoms with Crippen LogP contribution in [-0.2, 0) is 11.2 Å². The quantitative estimate of drug-likeness (QED) is 0.483. The Balaban J connectivity index is 1.33. The molecule has 0 N–H and O–H groups in total. The zero-order chi connectivity index (χ0) is 20.5. The monoisotopic (exact) mass is 439 g/mol. The number of aromatic nitrogens is 3. The second kappa shape index (κ2) is 8.08. The Morgan fingerprint density at radius 3 is 2.60 bits per heavy atom. The lowest BCUT2D eigenvalue weighted by molar-refractivity contribution is -0.130. The van der Waals surface area contributed by atoms with E-state index in [0.717, 1.165) is 32.2 Å². The normalized spacial score (nSPS) is 14.4. The zero-order valence-corrected chi connectivity index (χ0v) is 17.6. The van der Waals surface area contributed by atoms with E-state index in [9.17, 15) is 9.18 Å². The predicted molar refractivity (Wildman–Crippen MR) is 117 cm³/mol. The molecular weight excluding hydrogens is 421 g/mol. The van der Waals surface area contributed by atoms with Crippen molar-refractivity contribution in [2.45, 2.75) is 6.42 Å². The fourth-order valence-electron chi connectivity index (χ4n) is 3.62. The maximum Gasteiger partial charge on any atom is 0.227 e. The van der Waals surface area contributed by atoms with Gasteiger partial charge in [0, 0.05) is 36.6 Å². The first kappa shape index (κ1) is 19.1. The van der Waals surface area contributed by atoms with Crippen molar-refractivity contribution in [2.24, 2.45) is 0 Å². The smallest absolute Gasteiger partial charge is 0.227 e. The van der Waals surface area contributed by atoms with Crippen LogP contribution in [0.4, 0.5) is 10.2 Å². The number of thiophene rings is 1. The average molecular weight is 440 g/mol. The summed E-state index contributed by atoms with van der Waals surface area (Å²) < 4.78 is 18.7. The van der Waals surface area contributed by atoms with Crippen molar-refractivity contribution < 1.29 is 9.18 Å². The SMILES string of the molecule is O=C(Cc1cccs1)N1CCN(c2ncnc3c(-c4ccc(F)cc4)nsc23)CC1. The van der Waals surface area contributed by atoms with E-state index in [-0.39, 0.29) is 11.7 Å². The molecule has 0 saturated carbocycles. The van der Waals surface area contributed by atoms with Crippen LogP contribution in [0.1, 0.15) is 4.88 Å². The van der Waals surface area contributed by atoms with E-state index in [1.165, 1.54) is 23.7 Å². The van der Waals surface area contributed by atoms with Crippen LogP contribution in [0.15, 0.2) is 48.1 Å². The van der Waals surface area contributed by atoms with E-state index in [2.05, 4.69) is 19.2 Å². The fraction of sp³-hybridized carbons (Fsp3) is 0.238. The van der Waals surface area contributed by atoms with Gasteiger partial charge < -0.3 is 9.80 Å². The molecule has 152 valence electrons. The molecule has 1 amide bonds. The number of benzene rings is 1. The summed E-state index contributed by atoms with van der Waals surface area (Å²) in [6.45, 7) is 2.76. The molecule has 4 heterocycles. The molecule has 0 unspecified atom stereocenters. The summed E-state index contributed by atoms with van der Waals surface area (Å²) in [5.41, 5.74) is 2.34. The van der Waals surface area contributed by atoms with Gasteiger partial charge in [-0.25, -0.2) is 14.4 Å². The fourth-order valence-corrected chi connectivity index (χ4v) is 5.19. The largest absolute Gasteiger partial charge is 0.352 e. The Morgan fingerprint density at radius 2 is 1.87 bits per heavy atom. The summed E-state index contributed by atoms with van der Waals surface area (Å²) >= 11 is 2.97. The van der Waals surface area contributed by atoms with Crippen LogP contribution < -0.4 is 4.90 Å². The molecule has 0 bridgehead atoms. The highest BCUT2D eigenvalue weighted by Gasteiger charge is 2.25. The summed E-state index contributed by atoms with van der Waals surface area (Å²) in [6, 6.07) is 10.2. The number of carbonyl (C=O) groups is 1. The molecule has 1 saturated heterocycles. The van der Waals surface area contributed by atoms with Crippen molar-refractivity contribution in [3.05, 3.63) is 58.8 Å². The van der Waals surface area contributed by atoms with Crippen molar-refractivity contribution in [2.75, 3.05) is 31.1 Å². The summed E-state index contributed by atoms with van der Waals surface area (Å²) in [4.78, 5) is 26.7. The standard InChI is InChI=1S/C21H18FN5OS2/c22-15-5-3-14(4-6-15)18-19-20(30-25-18)21(24-13-23-19)27-9-7-26(8-10-27)17(28)12-16-2-1-11-29-16/h1-6,11,13H,7-10,12H2. The van der Waals surface area contributed by atoms with E-state index in [1.807, 2.05) is 22.4 Å². The molecule has 5 rings (SSSR count). The maximum atomic E-state index is 13.3. The van der Waals surface area contributed by atoms with Gasteiger partial charge in [-0.05, 0) is 47.2 Å². The van der Waals surface area contributed by atoms with E-state index in [1.54, 1.807) is 29.8 Å². The van der Waals surface area contributed by atoms with Gasteiger partial charge in [-0.15, -0.1) is 11.3 Å². The van der Waals surface area contributed by atoms with E-state index < -0.39 is 0 Å². The third-order valence-corrected chi connectivity index (χ3v) is 6.90. The lowest BCUT2D eigenvalue weighted by Gasteiger charge is -2.35. The minimum atomic E-state index is -0.278. The minimum absolute atomic E-state index is 0.168.